The van der Waals surface area contributed by atoms with Gasteiger partial charge in [-0.05, 0) is 39.3 Å². The molecule has 4 heteroatoms. The molecule has 0 unspecified atom stereocenters. The molecule has 0 aromatic rings. The van der Waals surface area contributed by atoms with Crippen molar-refractivity contribution in [2.75, 3.05) is 13.1 Å². The van der Waals surface area contributed by atoms with E-state index >= 15 is 0 Å². The number of ketones is 1. The van der Waals surface area contributed by atoms with Crippen LogP contribution in [0.2, 0.25) is 0 Å². The highest BCUT2D eigenvalue weighted by Crippen LogP contribution is 2.01. The van der Waals surface area contributed by atoms with Crippen LogP contribution in [0.15, 0.2) is 0 Å². The van der Waals surface area contributed by atoms with Gasteiger partial charge >= 0.3 is 0 Å². The number of rotatable bonds is 11. The fourth-order valence-electron chi connectivity index (χ4n) is 1.58. The van der Waals surface area contributed by atoms with E-state index in [0.29, 0.717) is 6.42 Å². The summed E-state index contributed by atoms with van der Waals surface area (Å²) in [4.78, 5) is 11.2. The van der Waals surface area contributed by atoms with Crippen LogP contribution in [-0.2, 0) is 4.79 Å². The van der Waals surface area contributed by atoms with Gasteiger partial charge in [0.1, 0.15) is 5.78 Å². The third kappa shape index (κ3) is 13.8. The number of unbranched alkanes of at least 4 members (excludes halogenated alkanes) is 4. The molecule has 0 saturated heterocycles. The largest absolute Gasteiger partial charge is 0.322 e. The van der Waals surface area contributed by atoms with Crippen molar-refractivity contribution in [1.29, 1.82) is 0 Å². The lowest BCUT2D eigenvalue weighted by atomic mass is 10.1. The summed E-state index contributed by atoms with van der Waals surface area (Å²) in [6.07, 6.45) is 7.79. The summed E-state index contributed by atoms with van der Waals surface area (Å²) >= 11 is 0. The fourth-order valence-corrected chi connectivity index (χ4v) is 1.58. The van der Waals surface area contributed by atoms with Crippen molar-refractivity contribution in [1.82, 2.24) is 5.32 Å². The summed E-state index contributed by atoms with van der Waals surface area (Å²) in [6.45, 7) is 6.19. The Balaban J connectivity index is 0. The Hall–Kier alpha value is -0.120. The monoisotopic (exact) mass is 264 g/mol. The minimum Gasteiger partial charge on any atom is -0.322 e. The van der Waals surface area contributed by atoms with Crippen molar-refractivity contribution >= 4 is 18.2 Å². The molecule has 3 N–H and O–H groups in total. The molecule has 3 nitrogen and oxygen atoms in total. The third-order valence-electron chi connectivity index (χ3n) is 2.74. The van der Waals surface area contributed by atoms with Gasteiger partial charge in [0.2, 0.25) is 0 Å². The fraction of sp³-hybridized carbons (Fsp3) is 0.923. The van der Waals surface area contributed by atoms with Crippen LogP contribution in [-0.4, -0.2) is 24.9 Å². The van der Waals surface area contributed by atoms with Crippen molar-refractivity contribution in [3.8, 4) is 0 Å². The Morgan fingerprint density at radius 3 is 2.24 bits per heavy atom. The zero-order valence-corrected chi connectivity index (χ0v) is 12.2. The number of Topliss-reactive ketones (excluding diaryl/α,β-unsaturated/α-hetero) is 1. The van der Waals surface area contributed by atoms with E-state index < -0.39 is 0 Å². The first-order valence-corrected chi connectivity index (χ1v) is 6.67. The molecule has 0 spiro atoms. The van der Waals surface area contributed by atoms with Gasteiger partial charge in [0.25, 0.3) is 0 Å². The minimum atomic E-state index is -0.285. The van der Waals surface area contributed by atoms with Crippen LogP contribution in [0.25, 0.3) is 0 Å². The van der Waals surface area contributed by atoms with Crippen molar-refractivity contribution < 1.29 is 4.79 Å². The number of hydrogen-bond donors (Lipinski definition) is 2. The molecule has 0 aromatic carbocycles. The van der Waals surface area contributed by atoms with Crippen molar-refractivity contribution in [2.24, 2.45) is 5.73 Å². The number of carbonyl (C=O) groups is 1. The van der Waals surface area contributed by atoms with Crippen molar-refractivity contribution in [2.45, 2.75) is 64.8 Å². The second-order valence-electron chi connectivity index (χ2n) is 4.52. The second kappa shape index (κ2) is 13.9. The molecule has 0 saturated carbocycles. The van der Waals surface area contributed by atoms with Gasteiger partial charge in [0.05, 0.1) is 6.04 Å². The SMILES string of the molecule is CCCCCNCCCCCC(=O)[C@@H](C)N.Cl. The van der Waals surface area contributed by atoms with Crippen LogP contribution >= 0.6 is 12.4 Å². The Labute approximate surface area is 112 Å². The first kappa shape index (κ1) is 19.2. The first-order valence-electron chi connectivity index (χ1n) is 6.67. The summed E-state index contributed by atoms with van der Waals surface area (Å²) in [5, 5.41) is 3.42. The average molecular weight is 265 g/mol. The van der Waals surface area contributed by atoms with Gasteiger partial charge in [-0.2, -0.15) is 0 Å². The Bertz CT molecular complexity index is 175. The van der Waals surface area contributed by atoms with Gasteiger partial charge in [-0.15, -0.1) is 12.4 Å². The van der Waals surface area contributed by atoms with Gasteiger partial charge in [0.15, 0.2) is 0 Å². The maximum atomic E-state index is 11.2. The van der Waals surface area contributed by atoms with Crippen LogP contribution in [0.3, 0.4) is 0 Å². The van der Waals surface area contributed by atoms with Crippen LogP contribution in [0, 0.1) is 0 Å². The molecular formula is C13H29ClN2O. The van der Waals surface area contributed by atoms with Crippen LogP contribution in [0.5, 0.6) is 0 Å². The van der Waals surface area contributed by atoms with E-state index in [4.69, 9.17) is 5.73 Å². The first-order chi connectivity index (χ1) is 7.68. The van der Waals surface area contributed by atoms with Crippen LogP contribution in [0.4, 0.5) is 0 Å². The Kier molecular flexibility index (Phi) is 15.8. The molecule has 0 aliphatic heterocycles. The smallest absolute Gasteiger partial charge is 0.149 e. The van der Waals surface area contributed by atoms with E-state index in [1.807, 2.05) is 0 Å². The number of carbonyl (C=O) groups excluding carboxylic acids is 1. The van der Waals surface area contributed by atoms with Crippen LogP contribution < -0.4 is 11.1 Å². The molecule has 0 bridgehead atoms. The molecule has 0 aromatic heterocycles. The van der Waals surface area contributed by atoms with E-state index in [2.05, 4.69) is 12.2 Å². The molecule has 0 radical (unpaired) electrons. The highest BCUT2D eigenvalue weighted by atomic mass is 35.5. The van der Waals surface area contributed by atoms with E-state index in [9.17, 15) is 4.79 Å². The molecule has 1 atom stereocenters. The number of nitrogens with two attached hydrogens (primary N) is 1. The predicted octanol–water partition coefficient (Wildman–Crippen LogP) is 2.66. The van der Waals surface area contributed by atoms with Gasteiger partial charge in [-0.1, -0.05) is 26.2 Å². The summed E-state index contributed by atoms with van der Waals surface area (Å²) in [5.41, 5.74) is 5.48. The lowest BCUT2D eigenvalue weighted by Crippen LogP contribution is -2.26. The maximum Gasteiger partial charge on any atom is 0.149 e. The summed E-state index contributed by atoms with van der Waals surface area (Å²) in [7, 11) is 0. The quantitative estimate of drug-likeness (QED) is 0.564. The standard InChI is InChI=1S/C13H28N2O.ClH/c1-3-4-7-10-15-11-8-5-6-9-13(16)12(2)14;/h12,15H,3-11,14H2,1-2H3;1H/t12-;/m1./s1. The van der Waals surface area contributed by atoms with E-state index in [-0.39, 0.29) is 24.2 Å². The van der Waals surface area contributed by atoms with Crippen molar-refractivity contribution in [3.05, 3.63) is 0 Å². The minimum absolute atomic E-state index is 0. The lowest BCUT2D eigenvalue weighted by Gasteiger charge is -2.05. The predicted molar refractivity (Wildman–Crippen MR) is 76.8 cm³/mol. The number of nitrogens with one attached hydrogen (secondary N) is 1. The summed E-state index contributed by atoms with van der Waals surface area (Å²) in [6, 6.07) is -0.285. The molecule has 0 amide bonds. The molecule has 0 rings (SSSR count). The van der Waals surface area contributed by atoms with E-state index in [1.54, 1.807) is 6.92 Å². The third-order valence-corrected chi connectivity index (χ3v) is 2.74. The van der Waals surface area contributed by atoms with Gasteiger partial charge in [0, 0.05) is 6.42 Å². The molecule has 0 aliphatic carbocycles. The number of halogens is 1. The maximum absolute atomic E-state index is 11.2. The molecular weight excluding hydrogens is 236 g/mol. The molecule has 17 heavy (non-hydrogen) atoms. The molecule has 104 valence electrons. The topological polar surface area (TPSA) is 55.1 Å². The lowest BCUT2D eigenvalue weighted by molar-refractivity contribution is -0.120. The molecule has 0 aliphatic rings. The zero-order chi connectivity index (χ0) is 12.2. The summed E-state index contributed by atoms with van der Waals surface area (Å²) < 4.78 is 0. The normalized spacial score (nSPS) is 11.9. The van der Waals surface area contributed by atoms with E-state index in [0.717, 1.165) is 25.9 Å². The van der Waals surface area contributed by atoms with Gasteiger partial charge < -0.3 is 11.1 Å². The highest BCUT2D eigenvalue weighted by molar-refractivity contribution is 5.85. The number of hydrogen-bond acceptors (Lipinski definition) is 3. The van der Waals surface area contributed by atoms with Gasteiger partial charge in [-0.3, -0.25) is 4.79 Å². The molecule has 0 heterocycles. The Morgan fingerprint density at radius 1 is 1.12 bits per heavy atom. The second-order valence-corrected chi connectivity index (χ2v) is 4.52. The zero-order valence-electron chi connectivity index (χ0n) is 11.3. The van der Waals surface area contributed by atoms with Crippen molar-refractivity contribution in [3.63, 3.8) is 0 Å². The van der Waals surface area contributed by atoms with Gasteiger partial charge in [-0.25, -0.2) is 0 Å². The molecule has 0 fully saturated rings. The highest BCUT2D eigenvalue weighted by Gasteiger charge is 2.05. The van der Waals surface area contributed by atoms with E-state index in [1.165, 1.54) is 25.7 Å². The summed E-state index contributed by atoms with van der Waals surface area (Å²) in [5.74, 6) is 0.191. The van der Waals surface area contributed by atoms with Crippen LogP contribution in [0.1, 0.15) is 58.8 Å². The Morgan fingerprint density at radius 2 is 1.71 bits per heavy atom. The average Bonchev–Trinajstić information content (AvgIpc) is 2.26.